The van der Waals surface area contributed by atoms with E-state index in [1.165, 1.54) is 11.8 Å². The largest absolute Gasteiger partial charge is 0.475 e. The lowest BCUT2D eigenvalue weighted by Crippen LogP contribution is -2.41. The first-order valence-corrected chi connectivity index (χ1v) is 8.87. The van der Waals surface area contributed by atoms with Crippen LogP contribution in [0.3, 0.4) is 0 Å². The highest BCUT2D eigenvalue weighted by Crippen LogP contribution is 2.39. The van der Waals surface area contributed by atoms with Gasteiger partial charge in [0.25, 0.3) is 0 Å². The van der Waals surface area contributed by atoms with Crippen LogP contribution in [0, 0.1) is 5.82 Å². The third kappa shape index (κ3) is 2.49. The van der Waals surface area contributed by atoms with E-state index >= 15 is 0 Å². The fourth-order valence-electron chi connectivity index (χ4n) is 2.90. The summed E-state index contributed by atoms with van der Waals surface area (Å²) in [6, 6.07) is 0.00124. The lowest BCUT2D eigenvalue weighted by Gasteiger charge is -2.28. The quantitative estimate of drug-likeness (QED) is 0.442. The molecule has 122 valence electrons. The Balaban J connectivity index is 2.02. The van der Waals surface area contributed by atoms with Crippen LogP contribution in [0.15, 0.2) is 5.16 Å². The van der Waals surface area contributed by atoms with Gasteiger partial charge in [-0.15, -0.1) is 0 Å². The SMILES string of the molecule is CSc1nc2c3c(nc(Cl)c(F)c3n1)OC[C@@H]1COCCCN21. The molecule has 1 saturated heterocycles. The normalized spacial score (nSPS) is 20.7. The Bertz CT molecular complexity index is 778. The van der Waals surface area contributed by atoms with Crippen molar-refractivity contribution in [2.24, 2.45) is 0 Å². The summed E-state index contributed by atoms with van der Waals surface area (Å²) in [4.78, 5) is 15.0. The van der Waals surface area contributed by atoms with Crippen LogP contribution in [0.25, 0.3) is 10.9 Å². The predicted molar refractivity (Wildman–Crippen MR) is 86.1 cm³/mol. The highest BCUT2D eigenvalue weighted by molar-refractivity contribution is 7.98. The van der Waals surface area contributed by atoms with Crippen LogP contribution in [-0.4, -0.2) is 53.6 Å². The number of nitrogens with zero attached hydrogens (tertiary/aromatic N) is 4. The molecule has 9 heteroatoms. The average molecular weight is 357 g/mol. The number of rotatable bonds is 1. The summed E-state index contributed by atoms with van der Waals surface area (Å²) in [6.45, 7) is 2.37. The summed E-state index contributed by atoms with van der Waals surface area (Å²) in [6.07, 6.45) is 2.72. The van der Waals surface area contributed by atoms with Crippen molar-refractivity contribution in [3.05, 3.63) is 11.0 Å². The molecule has 2 aromatic rings. The van der Waals surface area contributed by atoms with Crippen molar-refractivity contribution >= 4 is 40.1 Å². The van der Waals surface area contributed by atoms with Crippen LogP contribution in [0.1, 0.15) is 6.42 Å². The van der Waals surface area contributed by atoms with Crippen molar-refractivity contribution in [3.63, 3.8) is 0 Å². The van der Waals surface area contributed by atoms with Gasteiger partial charge in [0.05, 0.1) is 12.6 Å². The molecular formula is C14H14ClFN4O2S. The molecule has 2 aliphatic heterocycles. The summed E-state index contributed by atoms with van der Waals surface area (Å²) in [7, 11) is 0. The number of ether oxygens (including phenoxy) is 2. The van der Waals surface area contributed by atoms with E-state index in [0.29, 0.717) is 36.2 Å². The maximum absolute atomic E-state index is 14.5. The Morgan fingerprint density at radius 2 is 2.17 bits per heavy atom. The Morgan fingerprint density at radius 1 is 1.30 bits per heavy atom. The van der Waals surface area contributed by atoms with Crippen molar-refractivity contribution < 1.29 is 13.9 Å². The van der Waals surface area contributed by atoms with E-state index in [4.69, 9.17) is 21.1 Å². The van der Waals surface area contributed by atoms with E-state index < -0.39 is 5.82 Å². The van der Waals surface area contributed by atoms with E-state index in [2.05, 4.69) is 19.9 Å². The third-order valence-electron chi connectivity index (χ3n) is 3.98. The molecule has 2 aliphatic rings. The van der Waals surface area contributed by atoms with Crippen molar-refractivity contribution in [1.82, 2.24) is 15.0 Å². The molecule has 0 aliphatic carbocycles. The predicted octanol–water partition coefficient (Wildman–Crippen LogP) is 2.53. The van der Waals surface area contributed by atoms with Crippen molar-refractivity contribution in [3.8, 4) is 5.88 Å². The molecule has 0 radical (unpaired) electrons. The lowest BCUT2D eigenvalue weighted by molar-refractivity contribution is 0.119. The molecule has 0 spiro atoms. The van der Waals surface area contributed by atoms with E-state index in [-0.39, 0.29) is 22.6 Å². The van der Waals surface area contributed by atoms with Crippen molar-refractivity contribution in [2.75, 3.05) is 37.5 Å². The summed E-state index contributed by atoms with van der Waals surface area (Å²) in [5.74, 6) is 0.282. The number of aromatic nitrogens is 3. The number of hydrogen-bond acceptors (Lipinski definition) is 7. The van der Waals surface area contributed by atoms with Crippen molar-refractivity contribution in [1.29, 1.82) is 0 Å². The first kappa shape index (κ1) is 15.2. The van der Waals surface area contributed by atoms with Gasteiger partial charge in [0.2, 0.25) is 5.88 Å². The molecule has 4 rings (SSSR count). The smallest absolute Gasteiger partial charge is 0.228 e. The number of halogens is 2. The fraction of sp³-hybridized carbons (Fsp3) is 0.500. The molecule has 4 heterocycles. The Morgan fingerprint density at radius 3 is 3.00 bits per heavy atom. The van der Waals surface area contributed by atoms with Crippen LogP contribution in [0.4, 0.5) is 10.2 Å². The van der Waals surface area contributed by atoms with E-state index in [9.17, 15) is 4.39 Å². The Labute approximate surface area is 141 Å². The zero-order valence-corrected chi connectivity index (χ0v) is 14.0. The molecule has 2 aromatic heterocycles. The van der Waals surface area contributed by atoms with Gasteiger partial charge >= 0.3 is 0 Å². The van der Waals surface area contributed by atoms with Gasteiger partial charge < -0.3 is 14.4 Å². The second-order valence-electron chi connectivity index (χ2n) is 5.37. The zero-order chi connectivity index (χ0) is 16.0. The first-order chi connectivity index (χ1) is 11.2. The van der Waals surface area contributed by atoms with Gasteiger partial charge in [-0.05, 0) is 12.7 Å². The minimum Gasteiger partial charge on any atom is -0.475 e. The van der Waals surface area contributed by atoms with Gasteiger partial charge in [0.15, 0.2) is 16.1 Å². The second-order valence-corrected chi connectivity index (χ2v) is 6.50. The fourth-order valence-corrected chi connectivity index (χ4v) is 3.43. The molecular weight excluding hydrogens is 343 g/mol. The molecule has 0 unspecified atom stereocenters. The van der Waals surface area contributed by atoms with Gasteiger partial charge in [-0.2, -0.15) is 4.98 Å². The van der Waals surface area contributed by atoms with Crippen molar-refractivity contribution in [2.45, 2.75) is 17.6 Å². The van der Waals surface area contributed by atoms with Gasteiger partial charge in [0.1, 0.15) is 23.3 Å². The Kier molecular flexibility index (Phi) is 3.90. The summed E-state index contributed by atoms with van der Waals surface area (Å²) >= 11 is 7.26. The highest BCUT2D eigenvalue weighted by atomic mass is 35.5. The molecule has 6 nitrogen and oxygen atoms in total. The molecule has 0 saturated carbocycles. The minimum atomic E-state index is -0.641. The number of anilines is 1. The maximum atomic E-state index is 14.5. The molecule has 1 atom stereocenters. The average Bonchev–Trinajstić information content (AvgIpc) is 2.87. The zero-order valence-electron chi connectivity index (χ0n) is 12.4. The molecule has 23 heavy (non-hydrogen) atoms. The first-order valence-electron chi connectivity index (χ1n) is 7.27. The second kappa shape index (κ2) is 5.92. The molecule has 0 amide bonds. The van der Waals surface area contributed by atoms with Crippen LogP contribution < -0.4 is 9.64 Å². The highest BCUT2D eigenvalue weighted by Gasteiger charge is 2.32. The third-order valence-corrected chi connectivity index (χ3v) is 4.78. The summed E-state index contributed by atoms with van der Waals surface area (Å²) in [5, 5.41) is 0.733. The summed E-state index contributed by atoms with van der Waals surface area (Å²) in [5.41, 5.74) is 0.153. The minimum absolute atomic E-state index is 0.00124. The topological polar surface area (TPSA) is 60.4 Å². The molecule has 0 aromatic carbocycles. The number of hydrogen-bond donors (Lipinski definition) is 0. The van der Waals surface area contributed by atoms with Gasteiger partial charge in [-0.1, -0.05) is 23.4 Å². The number of thioether (sulfide) groups is 1. The lowest BCUT2D eigenvalue weighted by atomic mass is 10.2. The standard InChI is InChI=1S/C14H14ClFN4O2S/c1-23-14-17-10-8-12(19-14)20-3-2-4-21-5-7(20)6-22-13(8)18-11(15)9(10)16/h7H,2-6H2,1H3/t7-/m0/s1. The van der Waals surface area contributed by atoms with E-state index in [1.54, 1.807) is 0 Å². The monoisotopic (exact) mass is 356 g/mol. The Hall–Kier alpha value is -1.38. The van der Waals surface area contributed by atoms with Crippen LogP contribution in [0.5, 0.6) is 5.88 Å². The molecule has 0 bridgehead atoms. The number of pyridine rings is 1. The molecule has 1 fully saturated rings. The maximum Gasteiger partial charge on any atom is 0.228 e. The van der Waals surface area contributed by atoms with E-state index in [0.717, 1.165) is 13.0 Å². The van der Waals surface area contributed by atoms with Crippen LogP contribution in [-0.2, 0) is 4.74 Å². The van der Waals surface area contributed by atoms with Crippen LogP contribution >= 0.6 is 23.4 Å². The van der Waals surface area contributed by atoms with Gasteiger partial charge in [-0.25, -0.2) is 14.4 Å². The van der Waals surface area contributed by atoms with E-state index in [1.807, 2.05) is 6.26 Å². The number of fused-ring (bicyclic) bond motifs is 2. The molecule has 0 N–H and O–H groups in total. The van der Waals surface area contributed by atoms with Gasteiger partial charge in [0, 0.05) is 13.2 Å². The van der Waals surface area contributed by atoms with Gasteiger partial charge in [-0.3, -0.25) is 0 Å². The summed E-state index contributed by atoms with van der Waals surface area (Å²) < 4.78 is 25.9. The van der Waals surface area contributed by atoms with Crippen LogP contribution in [0.2, 0.25) is 5.15 Å².